The van der Waals surface area contributed by atoms with Gasteiger partial charge in [0.15, 0.2) is 0 Å². The van der Waals surface area contributed by atoms with Crippen molar-refractivity contribution in [3.05, 3.63) is 35.9 Å². The van der Waals surface area contributed by atoms with Crippen molar-refractivity contribution in [3.8, 4) is 0 Å². The highest BCUT2D eigenvalue weighted by Gasteiger charge is 2.37. The molecule has 0 radical (unpaired) electrons. The monoisotopic (exact) mass is 283 g/mol. The molecule has 0 aromatic heterocycles. The molecule has 0 saturated carbocycles. The van der Waals surface area contributed by atoms with Crippen LogP contribution in [0.25, 0.3) is 0 Å². The quantitative estimate of drug-likeness (QED) is 0.774. The molecule has 0 amide bonds. The van der Waals surface area contributed by atoms with Gasteiger partial charge in [-0.2, -0.15) is 11.8 Å². The minimum Gasteiger partial charge on any atom is -0.467 e. The number of carbonyl (C=O) groups excluding carboxylic acids is 1. The van der Waals surface area contributed by atoms with Crippen LogP contribution in [0.1, 0.15) is 19.4 Å². The molecule has 3 atom stereocenters. The van der Waals surface area contributed by atoms with E-state index in [1.54, 1.807) is 6.92 Å². The van der Waals surface area contributed by atoms with E-state index in [0.29, 0.717) is 11.3 Å². The van der Waals surface area contributed by atoms with E-state index in [4.69, 9.17) is 10.5 Å². The fourth-order valence-corrected chi connectivity index (χ4v) is 2.67. The van der Waals surface area contributed by atoms with Crippen LogP contribution in [0.2, 0.25) is 0 Å². The second-order valence-corrected chi connectivity index (χ2v) is 5.95. The fourth-order valence-electron chi connectivity index (χ4n) is 1.58. The molecule has 0 aliphatic rings. The number of nitrogens with two attached hydrogens (primary N) is 1. The van der Waals surface area contributed by atoms with Gasteiger partial charge in [0.2, 0.25) is 0 Å². The number of aliphatic hydroxyl groups is 1. The van der Waals surface area contributed by atoms with Crippen molar-refractivity contribution < 1.29 is 14.6 Å². The summed E-state index contributed by atoms with van der Waals surface area (Å²) in [5.41, 5.74) is 5.77. The third-order valence-electron chi connectivity index (χ3n) is 3.09. The summed E-state index contributed by atoms with van der Waals surface area (Å²) in [5, 5.41) is 9.50. The number of benzene rings is 1. The number of methoxy groups -OCH3 is 1. The summed E-state index contributed by atoms with van der Waals surface area (Å²) in [6.45, 7) is 3.62. The SMILES string of the molecule is COC(=O)C(N)(CSC(C)C(C)O)c1ccccc1. The van der Waals surface area contributed by atoms with Gasteiger partial charge in [-0.3, -0.25) is 0 Å². The molecule has 0 fully saturated rings. The van der Waals surface area contributed by atoms with Crippen LogP contribution in [0.3, 0.4) is 0 Å². The Morgan fingerprint density at radius 2 is 2.00 bits per heavy atom. The number of aliphatic hydroxyl groups excluding tert-OH is 1. The van der Waals surface area contributed by atoms with Crippen molar-refractivity contribution >= 4 is 17.7 Å². The van der Waals surface area contributed by atoms with E-state index in [9.17, 15) is 9.90 Å². The first-order chi connectivity index (χ1) is 8.91. The van der Waals surface area contributed by atoms with E-state index in [1.807, 2.05) is 37.3 Å². The summed E-state index contributed by atoms with van der Waals surface area (Å²) < 4.78 is 4.82. The smallest absolute Gasteiger partial charge is 0.331 e. The Labute approximate surface area is 118 Å². The Balaban J connectivity index is 2.92. The van der Waals surface area contributed by atoms with Crippen LogP contribution in [0.4, 0.5) is 0 Å². The maximum atomic E-state index is 12.0. The molecule has 0 bridgehead atoms. The number of thioether (sulfide) groups is 1. The van der Waals surface area contributed by atoms with Gasteiger partial charge < -0.3 is 15.6 Å². The summed E-state index contributed by atoms with van der Waals surface area (Å²) in [6, 6.07) is 9.16. The molecule has 0 aliphatic heterocycles. The maximum Gasteiger partial charge on any atom is 0.331 e. The van der Waals surface area contributed by atoms with E-state index < -0.39 is 17.6 Å². The van der Waals surface area contributed by atoms with Gasteiger partial charge in [0, 0.05) is 11.0 Å². The summed E-state index contributed by atoms with van der Waals surface area (Å²) >= 11 is 1.45. The first-order valence-corrected chi connectivity index (χ1v) is 7.19. The minimum atomic E-state index is -1.19. The van der Waals surface area contributed by atoms with Gasteiger partial charge >= 0.3 is 5.97 Å². The highest BCUT2D eigenvalue weighted by molar-refractivity contribution is 8.00. The van der Waals surface area contributed by atoms with E-state index in [2.05, 4.69) is 0 Å². The normalized spacial score (nSPS) is 17.3. The van der Waals surface area contributed by atoms with Crippen LogP contribution in [-0.2, 0) is 15.1 Å². The van der Waals surface area contributed by atoms with Crippen molar-refractivity contribution in [1.29, 1.82) is 0 Å². The number of esters is 1. The number of carbonyl (C=O) groups is 1. The standard InChI is InChI=1S/C14H21NO3S/c1-10(16)11(2)19-9-14(15,13(17)18-3)12-7-5-4-6-8-12/h4-8,10-11,16H,9,15H2,1-3H3. The molecule has 0 saturated heterocycles. The van der Waals surface area contributed by atoms with E-state index >= 15 is 0 Å². The Bertz CT molecular complexity index is 410. The second kappa shape index (κ2) is 6.93. The summed E-state index contributed by atoms with van der Waals surface area (Å²) in [6.07, 6.45) is -0.456. The molecule has 1 aromatic carbocycles. The third-order valence-corrected chi connectivity index (χ3v) is 4.63. The predicted molar refractivity (Wildman–Crippen MR) is 77.9 cm³/mol. The molecule has 4 nitrogen and oxygen atoms in total. The molecule has 0 aliphatic carbocycles. The van der Waals surface area contributed by atoms with Gasteiger partial charge in [-0.1, -0.05) is 37.3 Å². The Morgan fingerprint density at radius 3 is 2.47 bits per heavy atom. The van der Waals surface area contributed by atoms with Crippen LogP contribution in [0.5, 0.6) is 0 Å². The zero-order valence-corrected chi connectivity index (χ0v) is 12.3. The molecular formula is C14H21NO3S. The summed E-state index contributed by atoms with van der Waals surface area (Å²) in [7, 11) is 1.33. The van der Waals surface area contributed by atoms with E-state index in [0.717, 1.165) is 0 Å². The number of rotatable bonds is 6. The van der Waals surface area contributed by atoms with Crippen molar-refractivity contribution in [2.45, 2.75) is 30.7 Å². The van der Waals surface area contributed by atoms with Gasteiger partial charge in [-0.15, -0.1) is 0 Å². The van der Waals surface area contributed by atoms with Gasteiger partial charge in [0.05, 0.1) is 13.2 Å². The zero-order chi connectivity index (χ0) is 14.5. The highest BCUT2D eigenvalue weighted by atomic mass is 32.2. The van der Waals surface area contributed by atoms with Gasteiger partial charge in [0.1, 0.15) is 5.54 Å². The van der Waals surface area contributed by atoms with Crippen molar-refractivity contribution in [1.82, 2.24) is 0 Å². The highest BCUT2D eigenvalue weighted by Crippen LogP contribution is 2.27. The fraction of sp³-hybridized carbons (Fsp3) is 0.500. The molecular weight excluding hydrogens is 262 g/mol. The first kappa shape index (κ1) is 16.0. The van der Waals surface area contributed by atoms with Crippen molar-refractivity contribution in [2.24, 2.45) is 5.73 Å². The van der Waals surface area contributed by atoms with Crippen LogP contribution in [0, 0.1) is 0 Å². The van der Waals surface area contributed by atoms with Crippen LogP contribution >= 0.6 is 11.8 Å². The van der Waals surface area contributed by atoms with Gasteiger partial charge in [-0.25, -0.2) is 4.79 Å². The first-order valence-electron chi connectivity index (χ1n) is 6.14. The Kier molecular flexibility index (Phi) is 5.85. The van der Waals surface area contributed by atoms with Crippen molar-refractivity contribution in [3.63, 3.8) is 0 Å². The minimum absolute atomic E-state index is 0.00343. The molecule has 5 heteroatoms. The van der Waals surface area contributed by atoms with Crippen molar-refractivity contribution in [2.75, 3.05) is 12.9 Å². The van der Waals surface area contributed by atoms with Crippen LogP contribution in [0.15, 0.2) is 30.3 Å². The predicted octanol–water partition coefficient (Wildman–Crippen LogP) is 1.52. The lowest BCUT2D eigenvalue weighted by atomic mass is 9.93. The number of hydrogen-bond acceptors (Lipinski definition) is 5. The molecule has 106 valence electrons. The number of ether oxygens (including phenoxy) is 1. The molecule has 19 heavy (non-hydrogen) atoms. The number of hydrogen-bond donors (Lipinski definition) is 2. The maximum absolute atomic E-state index is 12.0. The lowest BCUT2D eigenvalue weighted by molar-refractivity contribution is -0.146. The lowest BCUT2D eigenvalue weighted by Gasteiger charge is -2.28. The summed E-state index contributed by atoms with van der Waals surface area (Å²) in [5.74, 6) is -0.112. The molecule has 0 heterocycles. The average Bonchev–Trinajstić information content (AvgIpc) is 2.44. The molecule has 0 spiro atoms. The third kappa shape index (κ3) is 3.96. The lowest BCUT2D eigenvalue weighted by Crippen LogP contribution is -2.48. The molecule has 1 rings (SSSR count). The molecule has 1 aromatic rings. The molecule has 3 N–H and O–H groups in total. The Morgan fingerprint density at radius 1 is 1.42 bits per heavy atom. The van der Waals surface area contributed by atoms with Gasteiger partial charge in [-0.05, 0) is 12.5 Å². The van der Waals surface area contributed by atoms with Crippen LogP contribution < -0.4 is 5.73 Å². The second-order valence-electron chi connectivity index (χ2n) is 4.59. The average molecular weight is 283 g/mol. The molecule has 3 unspecified atom stereocenters. The summed E-state index contributed by atoms with van der Waals surface area (Å²) in [4.78, 5) is 12.0. The largest absolute Gasteiger partial charge is 0.467 e. The Hall–Kier alpha value is -1.04. The van der Waals surface area contributed by atoms with E-state index in [-0.39, 0.29) is 5.25 Å². The van der Waals surface area contributed by atoms with Crippen LogP contribution in [-0.4, -0.2) is 35.3 Å². The zero-order valence-electron chi connectivity index (χ0n) is 11.5. The topological polar surface area (TPSA) is 72.5 Å². The van der Waals surface area contributed by atoms with Gasteiger partial charge in [0.25, 0.3) is 0 Å². The van der Waals surface area contributed by atoms with E-state index in [1.165, 1.54) is 18.9 Å².